The summed E-state index contributed by atoms with van der Waals surface area (Å²) in [5.74, 6) is -1.61. The number of benzene rings is 1. The van der Waals surface area contributed by atoms with Crippen molar-refractivity contribution in [2.45, 2.75) is 6.42 Å². The van der Waals surface area contributed by atoms with Gasteiger partial charge in [-0.2, -0.15) is 0 Å². The largest absolute Gasteiger partial charge is 0.307 e. The minimum atomic E-state index is -0.687. The molecular formula is C9H7F2NO. The molecule has 1 saturated heterocycles. The van der Waals surface area contributed by atoms with Crippen molar-refractivity contribution >= 4 is 11.6 Å². The molecule has 0 saturated carbocycles. The molecular weight excluding hydrogens is 176 g/mol. The maximum atomic E-state index is 13.1. The molecule has 0 N–H and O–H groups in total. The Labute approximate surface area is 73.8 Å². The quantitative estimate of drug-likeness (QED) is 0.607. The standard InChI is InChI=1S/C9H7F2NO/c10-6-2-1-3-7(11)9(6)12-5-4-8(12)13/h1-3H,4-5H2. The summed E-state index contributed by atoms with van der Waals surface area (Å²) in [5.41, 5.74) is -0.223. The average Bonchev–Trinajstić information content (AvgIpc) is 2.09. The second-order valence-corrected chi connectivity index (χ2v) is 2.87. The highest BCUT2D eigenvalue weighted by molar-refractivity contribution is 5.99. The molecule has 0 spiro atoms. The smallest absolute Gasteiger partial charge is 0.228 e. The number of carbonyl (C=O) groups excluding carboxylic acids is 1. The van der Waals surface area contributed by atoms with Crippen LogP contribution in [0.4, 0.5) is 14.5 Å². The Morgan fingerprint density at radius 1 is 1.23 bits per heavy atom. The summed E-state index contributed by atoms with van der Waals surface area (Å²) in [7, 11) is 0. The van der Waals surface area contributed by atoms with Gasteiger partial charge in [0.1, 0.15) is 17.3 Å². The lowest BCUT2D eigenvalue weighted by Crippen LogP contribution is -2.44. The third-order valence-electron chi connectivity index (χ3n) is 2.06. The Balaban J connectivity index is 2.44. The van der Waals surface area contributed by atoms with Crippen LogP contribution in [-0.2, 0) is 4.79 Å². The van der Waals surface area contributed by atoms with E-state index < -0.39 is 11.6 Å². The first kappa shape index (κ1) is 8.16. The van der Waals surface area contributed by atoms with E-state index in [-0.39, 0.29) is 11.6 Å². The van der Waals surface area contributed by atoms with E-state index in [0.717, 1.165) is 17.0 Å². The molecule has 2 rings (SSSR count). The van der Waals surface area contributed by atoms with E-state index in [2.05, 4.69) is 0 Å². The van der Waals surface area contributed by atoms with Crippen LogP contribution in [0.25, 0.3) is 0 Å². The van der Waals surface area contributed by atoms with Crippen LogP contribution in [-0.4, -0.2) is 12.5 Å². The summed E-state index contributed by atoms with van der Waals surface area (Å²) in [6.07, 6.45) is 0.369. The van der Waals surface area contributed by atoms with E-state index in [4.69, 9.17) is 0 Å². The predicted octanol–water partition coefficient (Wildman–Crippen LogP) is 1.70. The zero-order valence-corrected chi connectivity index (χ0v) is 6.76. The normalized spacial score (nSPS) is 15.8. The van der Waals surface area contributed by atoms with Crippen LogP contribution < -0.4 is 4.90 Å². The van der Waals surface area contributed by atoms with Gasteiger partial charge < -0.3 is 4.90 Å². The van der Waals surface area contributed by atoms with Crippen LogP contribution >= 0.6 is 0 Å². The molecule has 0 aromatic heterocycles. The van der Waals surface area contributed by atoms with E-state index in [9.17, 15) is 13.6 Å². The lowest BCUT2D eigenvalue weighted by molar-refractivity contribution is -0.122. The first-order chi connectivity index (χ1) is 6.20. The number of anilines is 1. The van der Waals surface area contributed by atoms with Crippen LogP contribution in [0.5, 0.6) is 0 Å². The monoisotopic (exact) mass is 183 g/mol. The highest BCUT2D eigenvalue weighted by Crippen LogP contribution is 2.27. The third-order valence-corrected chi connectivity index (χ3v) is 2.06. The van der Waals surface area contributed by atoms with Crippen molar-refractivity contribution < 1.29 is 13.6 Å². The van der Waals surface area contributed by atoms with Gasteiger partial charge in [0.25, 0.3) is 0 Å². The van der Waals surface area contributed by atoms with Crippen molar-refractivity contribution in [1.29, 1.82) is 0 Å². The Bertz CT molecular complexity index is 344. The van der Waals surface area contributed by atoms with Crippen LogP contribution in [0.3, 0.4) is 0 Å². The van der Waals surface area contributed by atoms with Crippen molar-refractivity contribution in [2.24, 2.45) is 0 Å². The predicted molar refractivity (Wildman–Crippen MR) is 43.3 cm³/mol. The van der Waals surface area contributed by atoms with Crippen LogP contribution in [0.1, 0.15) is 6.42 Å². The van der Waals surface area contributed by atoms with Gasteiger partial charge in [-0.05, 0) is 12.1 Å². The van der Waals surface area contributed by atoms with Gasteiger partial charge >= 0.3 is 0 Å². The number of β-lactam (4-membered cyclic amide) rings is 1. The van der Waals surface area contributed by atoms with Gasteiger partial charge in [-0.25, -0.2) is 8.78 Å². The molecule has 1 fully saturated rings. The van der Waals surface area contributed by atoms with E-state index in [0.29, 0.717) is 13.0 Å². The number of carbonyl (C=O) groups is 1. The van der Waals surface area contributed by atoms with Gasteiger partial charge in [0.05, 0.1) is 0 Å². The van der Waals surface area contributed by atoms with Gasteiger partial charge in [-0.3, -0.25) is 4.79 Å². The summed E-state index contributed by atoms with van der Waals surface area (Å²) < 4.78 is 26.1. The number of hydrogen-bond donors (Lipinski definition) is 0. The second kappa shape index (κ2) is 2.80. The zero-order chi connectivity index (χ0) is 9.42. The Kier molecular flexibility index (Phi) is 1.76. The maximum Gasteiger partial charge on any atom is 0.228 e. The van der Waals surface area contributed by atoms with Gasteiger partial charge in [0.15, 0.2) is 0 Å². The number of hydrogen-bond acceptors (Lipinski definition) is 1. The van der Waals surface area contributed by atoms with Crippen molar-refractivity contribution in [1.82, 2.24) is 0 Å². The minimum Gasteiger partial charge on any atom is -0.307 e. The van der Waals surface area contributed by atoms with Crippen molar-refractivity contribution in [3.63, 3.8) is 0 Å². The molecule has 4 heteroatoms. The minimum absolute atomic E-state index is 0.223. The molecule has 0 aliphatic carbocycles. The second-order valence-electron chi connectivity index (χ2n) is 2.87. The molecule has 1 aromatic rings. The number of para-hydroxylation sites is 1. The number of halogens is 2. The third kappa shape index (κ3) is 1.18. The average molecular weight is 183 g/mol. The first-order valence-corrected chi connectivity index (χ1v) is 3.94. The summed E-state index contributed by atoms with van der Waals surface area (Å²) in [5, 5.41) is 0. The van der Waals surface area contributed by atoms with E-state index in [1.54, 1.807) is 0 Å². The summed E-state index contributed by atoms with van der Waals surface area (Å²) >= 11 is 0. The SMILES string of the molecule is O=C1CCN1c1c(F)cccc1F. The fourth-order valence-corrected chi connectivity index (χ4v) is 1.30. The highest BCUT2D eigenvalue weighted by atomic mass is 19.1. The topological polar surface area (TPSA) is 20.3 Å². The maximum absolute atomic E-state index is 13.1. The highest BCUT2D eigenvalue weighted by Gasteiger charge is 2.29. The Morgan fingerprint density at radius 2 is 1.85 bits per heavy atom. The fraction of sp³-hybridized carbons (Fsp3) is 0.222. The number of nitrogens with zero attached hydrogens (tertiary/aromatic N) is 1. The van der Waals surface area contributed by atoms with Crippen molar-refractivity contribution in [2.75, 3.05) is 11.4 Å². The van der Waals surface area contributed by atoms with E-state index >= 15 is 0 Å². The van der Waals surface area contributed by atoms with Crippen LogP contribution in [0.2, 0.25) is 0 Å². The number of rotatable bonds is 1. The van der Waals surface area contributed by atoms with E-state index in [1.165, 1.54) is 6.07 Å². The lowest BCUT2D eigenvalue weighted by atomic mass is 10.1. The molecule has 1 aliphatic rings. The van der Waals surface area contributed by atoms with Crippen molar-refractivity contribution in [3.8, 4) is 0 Å². The molecule has 0 bridgehead atoms. The Hall–Kier alpha value is -1.45. The van der Waals surface area contributed by atoms with Crippen molar-refractivity contribution in [3.05, 3.63) is 29.8 Å². The van der Waals surface area contributed by atoms with E-state index in [1.807, 2.05) is 0 Å². The van der Waals surface area contributed by atoms with Gasteiger partial charge in [0, 0.05) is 13.0 Å². The molecule has 13 heavy (non-hydrogen) atoms. The van der Waals surface area contributed by atoms with Gasteiger partial charge in [-0.15, -0.1) is 0 Å². The molecule has 68 valence electrons. The molecule has 1 aliphatic heterocycles. The zero-order valence-electron chi connectivity index (χ0n) is 6.76. The van der Waals surface area contributed by atoms with Crippen LogP contribution in [0, 0.1) is 11.6 Å². The lowest BCUT2D eigenvalue weighted by Gasteiger charge is -2.30. The van der Waals surface area contributed by atoms with Gasteiger partial charge in [0.2, 0.25) is 5.91 Å². The number of amides is 1. The molecule has 0 radical (unpaired) electrons. The molecule has 1 amide bonds. The van der Waals surface area contributed by atoms with Gasteiger partial charge in [-0.1, -0.05) is 6.07 Å². The molecule has 1 aromatic carbocycles. The summed E-state index contributed by atoms with van der Waals surface area (Å²) in [6, 6.07) is 3.56. The molecule has 0 unspecified atom stereocenters. The summed E-state index contributed by atoms with van der Waals surface area (Å²) in [4.78, 5) is 12.0. The molecule has 2 nitrogen and oxygen atoms in total. The molecule has 0 atom stereocenters. The Morgan fingerprint density at radius 3 is 2.23 bits per heavy atom. The fourth-order valence-electron chi connectivity index (χ4n) is 1.30. The molecule has 1 heterocycles. The first-order valence-electron chi connectivity index (χ1n) is 3.94. The van der Waals surface area contributed by atoms with Crippen LogP contribution in [0.15, 0.2) is 18.2 Å². The summed E-state index contributed by atoms with van der Waals surface area (Å²) in [6.45, 7) is 0.399.